The van der Waals surface area contributed by atoms with Crippen molar-refractivity contribution in [2.75, 3.05) is 0 Å². The van der Waals surface area contributed by atoms with E-state index in [1.807, 2.05) is 0 Å². The van der Waals surface area contributed by atoms with Crippen LogP contribution in [0.25, 0.3) is 0 Å². The molecule has 0 amide bonds. The van der Waals surface area contributed by atoms with Crippen molar-refractivity contribution in [3.8, 4) is 0 Å². The Bertz CT molecular complexity index is 250. The van der Waals surface area contributed by atoms with E-state index in [9.17, 15) is 13.2 Å². The summed E-state index contributed by atoms with van der Waals surface area (Å²) in [7, 11) is 0. The highest BCUT2D eigenvalue weighted by atomic mass is 19.4. The topological polar surface area (TPSA) is 26.0 Å². The maximum atomic E-state index is 12.4. The molecule has 1 nitrogen and oxygen atoms in total. The van der Waals surface area contributed by atoms with Crippen molar-refractivity contribution in [1.82, 2.24) is 0 Å². The zero-order valence-electron chi connectivity index (χ0n) is 7.36. The number of halogens is 3. The van der Waals surface area contributed by atoms with E-state index in [4.69, 9.17) is 5.73 Å². The molecule has 0 spiro atoms. The summed E-state index contributed by atoms with van der Waals surface area (Å²) in [6.07, 6.45) is -0.663. The molecule has 0 bridgehead atoms. The van der Waals surface area contributed by atoms with Crippen molar-refractivity contribution in [3.63, 3.8) is 0 Å². The van der Waals surface area contributed by atoms with Gasteiger partial charge in [-0.15, -0.1) is 0 Å². The fourth-order valence-corrected chi connectivity index (χ4v) is 1.46. The molecule has 4 heteroatoms. The number of alkyl halides is 3. The van der Waals surface area contributed by atoms with Gasteiger partial charge in [0, 0.05) is 11.3 Å². The van der Waals surface area contributed by atoms with Crippen molar-refractivity contribution in [3.05, 3.63) is 23.4 Å². The number of hydrogen-bond acceptors (Lipinski definition) is 1. The Hall–Kier alpha value is -0.930. The molecule has 0 fully saturated rings. The Balaban J connectivity index is 2.94. The Labute approximate surface area is 75.1 Å². The summed E-state index contributed by atoms with van der Waals surface area (Å²) in [6, 6.07) is 0. The van der Waals surface area contributed by atoms with Crippen LogP contribution < -0.4 is 5.73 Å². The maximum Gasteiger partial charge on any atom is 0.413 e. The number of allylic oxidation sites excluding steroid dienone is 3. The van der Waals surface area contributed by atoms with E-state index in [0.29, 0.717) is 12.8 Å². The van der Waals surface area contributed by atoms with Crippen LogP contribution in [0.4, 0.5) is 13.2 Å². The zero-order chi connectivity index (χ0) is 10.1. The summed E-state index contributed by atoms with van der Waals surface area (Å²) in [5, 5.41) is 0. The normalized spacial score (nSPS) is 23.8. The van der Waals surface area contributed by atoms with Crippen molar-refractivity contribution in [2.45, 2.75) is 25.9 Å². The van der Waals surface area contributed by atoms with Gasteiger partial charge in [-0.05, 0) is 24.8 Å². The van der Waals surface area contributed by atoms with Crippen molar-refractivity contribution in [2.24, 2.45) is 11.7 Å². The predicted octanol–water partition coefficient (Wildman–Crippen LogP) is 2.75. The summed E-state index contributed by atoms with van der Waals surface area (Å²) in [5.74, 6) is -0.424. The van der Waals surface area contributed by atoms with Gasteiger partial charge < -0.3 is 5.73 Å². The lowest BCUT2D eigenvalue weighted by Crippen LogP contribution is -2.22. The third-order valence-electron chi connectivity index (χ3n) is 2.22. The molecule has 1 aliphatic rings. The Kier molecular flexibility index (Phi) is 2.68. The average molecular weight is 191 g/mol. The molecule has 1 unspecified atom stereocenters. The smallest absolute Gasteiger partial charge is 0.399 e. The van der Waals surface area contributed by atoms with Crippen LogP contribution in [0.15, 0.2) is 23.4 Å². The fraction of sp³-hybridized carbons (Fsp3) is 0.556. The molecule has 0 heterocycles. The van der Waals surface area contributed by atoms with Crippen LogP contribution in [0.1, 0.15) is 19.8 Å². The van der Waals surface area contributed by atoms with Crippen LogP contribution in [-0.2, 0) is 0 Å². The molecule has 0 aromatic heterocycles. The van der Waals surface area contributed by atoms with E-state index >= 15 is 0 Å². The largest absolute Gasteiger partial charge is 0.413 e. The molecule has 1 aliphatic carbocycles. The highest BCUT2D eigenvalue weighted by molar-refractivity contribution is 5.30. The van der Waals surface area contributed by atoms with Gasteiger partial charge in [0.2, 0.25) is 0 Å². The zero-order valence-corrected chi connectivity index (χ0v) is 7.36. The first-order valence-corrected chi connectivity index (χ1v) is 4.19. The molecular weight excluding hydrogens is 179 g/mol. The highest BCUT2D eigenvalue weighted by Crippen LogP contribution is 2.37. The molecule has 74 valence electrons. The third-order valence-corrected chi connectivity index (χ3v) is 2.22. The van der Waals surface area contributed by atoms with Gasteiger partial charge in [-0.2, -0.15) is 13.2 Å². The Morgan fingerprint density at radius 1 is 1.54 bits per heavy atom. The van der Waals surface area contributed by atoms with E-state index in [2.05, 4.69) is 0 Å². The average Bonchev–Trinajstić information content (AvgIpc) is 2.03. The van der Waals surface area contributed by atoms with E-state index in [-0.39, 0.29) is 5.70 Å². The lowest BCUT2D eigenvalue weighted by Gasteiger charge is -2.23. The highest BCUT2D eigenvalue weighted by Gasteiger charge is 2.38. The van der Waals surface area contributed by atoms with Crippen LogP contribution in [0.2, 0.25) is 0 Å². The van der Waals surface area contributed by atoms with E-state index in [1.165, 1.54) is 0 Å². The summed E-state index contributed by atoms with van der Waals surface area (Å²) in [5.41, 5.74) is 5.05. The molecule has 0 radical (unpaired) electrons. The molecule has 0 saturated carbocycles. The van der Waals surface area contributed by atoms with Crippen LogP contribution in [-0.4, -0.2) is 6.18 Å². The van der Waals surface area contributed by atoms with Crippen molar-refractivity contribution in [1.29, 1.82) is 0 Å². The lowest BCUT2D eigenvalue weighted by atomic mass is 9.88. The van der Waals surface area contributed by atoms with E-state index in [0.717, 1.165) is 6.08 Å². The summed E-state index contributed by atoms with van der Waals surface area (Å²) in [4.78, 5) is 0. The van der Waals surface area contributed by atoms with Gasteiger partial charge in [0.15, 0.2) is 0 Å². The Morgan fingerprint density at radius 2 is 2.15 bits per heavy atom. The summed E-state index contributed by atoms with van der Waals surface area (Å²) < 4.78 is 37.2. The Morgan fingerprint density at radius 3 is 2.62 bits per heavy atom. The molecule has 2 N–H and O–H groups in total. The number of rotatable bonds is 1. The van der Waals surface area contributed by atoms with Gasteiger partial charge >= 0.3 is 6.18 Å². The van der Waals surface area contributed by atoms with Crippen LogP contribution in [0, 0.1) is 5.92 Å². The second kappa shape index (κ2) is 3.44. The van der Waals surface area contributed by atoms with Crippen LogP contribution >= 0.6 is 0 Å². The van der Waals surface area contributed by atoms with Crippen molar-refractivity contribution < 1.29 is 13.2 Å². The molecule has 1 rings (SSSR count). The molecule has 13 heavy (non-hydrogen) atoms. The van der Waals surface area contributed by atoms with Gasteiger partial charge in [-0.25, -0.2) is 0 Å². The summed E-state index contributed by atoms with van der Waals surface area (Å²) >= 11 is 0. The van der Waals surface area contributed by atoms with Crippen molar-refractivity contribution >= 4 is 0 Å². The minimum absolute atomic E-state index is 0.219. The van der Waals surface area contributed by atoms with Gasteiger partial charge in [0.25, 0.3) is 0 Å². The molecule has 0 aromatic carbocycles. The monoisotopic (exact) mass is 191 g/mol. The number of hydrogen-bond donors (Lipinski definition) is 1. The summed E-state index contributed by atoms with van der Waals surface area (Å²) in [6.45, 7) is 1.75. The van der Waals surface area contributed by atoms with E-state index < -0.39 is 17.7 Å². The minimum Gasteiger partial charge on any atom is -0.399 e. The SMILES string of the molecule is CCC1CC=C(N)C=C1C(F)(F)F. The molecule has 0 aromatic rings. The first kappa shape index (κ1) is 10.2. The van der Waals surface area contributed by atoms with Gasteiger partial charge in [-0.1, -0.05) is 13.0 Å². The molecule has 0 aliphatic heterocycles. The third kappa shape index (κ3) is 2.26. The standard InChI is InChI=1S/C9H12F3N/c1-2-6-3-4-7(13)5-8(6)9(10,11)12/h4-6H,2-3,13H2,1H3. The first-order chi connectivity index (χ1) is 5.95. The van der Waals surface area contributed by atoms with Gasteiger partial charge in [-0.3, -0.25) is 0 Å². The van der Waals surface area contributed by atoms with Gasteiger partial charge in [0.05, 0.1) is 0 Å². The van der Waals surface area contributed by atoms with Crippen LogP contribution in [0.3, 0.4) is 0 Å². The minimum atomic E-state index is -4.24. The fourth-order valence-electron chi connectivity index (χ4n) is 1.46. The van der Waals surface area contributed by atoms with Gasteiger partial charge in [0.1, 0.15) is 0 Å². The van der Waals surface area contributed by atoms with E-state index in [1.54, 1.807) is 13.0 Å². The molecule has 1 atom stereocenters. The number of nitrogens with two attached hydrogens (primary N) is 1. The second-order valence-corrected chi connectivity index (χ2v) is 3.14. The lowest BCUT2D eigenvalue weighted by molar-refractivity contribution is -0.0994. The molecular formula is C9H12F3N. The maximum absolute atomic E-state index is 12.4. The van der Waals surface area contributed by atoms with Crippen LogP contribution in [0.5, 0.6) is 0 Å². The predicted molar refractivity (Wildman–Crippen MR) is 44.8 cm³/mol. The quantitative estimate of drug-likeness (QED) is 0.677. The molecule has 0 saturated heterocycles. The second-order valence-electron chi connectivity index (χ2n) is 3.14. The first-order valence-electron chi connectivity index (χ1n) is 4.19.